The van der Waals surface area contributed by atoms with Gasteiger partial charge in [0.15, 0.2) is 0 Å². The fraction of sp³-hybridized carbons (Fsp3) is 0.526. The molecule has 0 aliphatic carbocycles. The number of nitrogens with zero attached hydrogens (tertiary/aromatic N) is 3. The van der Waals surface area contributed by atoms with E-state index in [9.17, 15) is 5.11 Å². The molecule has 2 atom stereocenters. The Bertz CT molecular complexity index is 701. The van der Waals surface area contributed by atoms with E-state index in [1.165, 1.54) is 5.56 Å². The van der Waals surface area contributed by atoms with Gasteiger partial charge in [-0.1, -0.05) is 0 Å². The Balaban J connectivity index is 1.70. The number of aliphatic hydroxyl groups excluding tert-OH is 1. The normalized spacial score (nSPS) is 19.1. The van der Waals surface area contributed by atoms with E-state index < -0.39 is 6.10 Å². The van der Waals surface area contributed by atoms with Gasteiger partial charge in [0.25, 0.3) is 0 Å². The van der Waals surface area contributed by atoms with Crippen molar-refractivity contribution in [1.82, 2.24) is 14.7 Å². The van der Waals surface area contributed by atoms with E-state index in [-0.39, 0.29) is 0 Å². The first-order chi connectivity index (χ1) is 12.1. The van der Waals surface area contributed by atoms with E-state index in [0.717, 1.165) is 37.2 Å². The fourth-order valence-corrected chi connectivity index (χ4v) is 3.55. The van der Waals surface area contributed by atoms with Gasteiger partial charge in [0.1, 0.15) is 11.5 Å². The van der Waals surface area contributed by atoms with Gasteiger partial charge in [-0.15, -0.1) is 0 Å². The molecule has 0 spiro atoms. The summed E-state index contributed by atoms with van der Waals surface area (Å²) in [6.45, 7) is 4.48. The van der Waals surface area contributed by atoms with Crippen LogP contribution in [0.5, 0.6) is 11.5 Å². The lowest BCUT2D eigenvalue weighted by molar-refractivity contribution is 0.0982. The molecule has 2 aromatic rings. The van der Waals surface area contributed by atoms with Gasteiger partial charge in [0, 0.05) is 24.3 Å². The highest BCUT2D eigenvalue weighted by atomic mass is 16.5. The minimum absolute atomic E-state index is 0.394. The number of aliphatic hydroxyl groups is 1. The largest absolute Gasteiger partial charge is 0.497 e. The van der Waals surface area contributed by atoms with Gasteiger partial charge in [0.2, 0.25) is 0 Å². The third-order valence-corrected chi connectivity index (χ3v) is 4.86. The Morgan fingerprint density at radius 2 is 2.16 bits per heavy atom. The zero-order valence-electron chi connectivity index (χ0n) is 15.2. The molecule has 0 saturated carbocycles. The van der Waals surface area contributed by atoms with Gasteiger partial charge in [-0.05, 0) is 50.1 Å². The van der Waals surface area contributed by atoms with Crippen LogP contribution >= 0.6 is 0 Å². The Morgan fingerprint density at radius 3 is 2.84 bits per heavy atom. The predicted molar refractivity (Wildman–Crippen MR) is 96.1 cm³/mol. The molecule has 2 heterocycles. The highest BCUT2D eigenvalue weighted by Gasteiger charge is 2.28. The number of ether oxygens (including phenoxy) is 2. The van der Waals surface area contributed by atoms with Crippen LogP contribution in [0.2, 0.25) is 0 Å². The first-order valence-corrected chi connectivity index (χ1v) is 8.74. The summed E-state index contributed by atoms with van der Waals surface area (Å²) in [4.78, 5) is 2.35. The minimum Gasteiger partial charge on any atom is -0.497 e. The first-order valence-electron chi connectivity index (χ1n) is 8.74. The van der Waals surface area contributed by atoms with Crippen molar-refractivity contribution in [1.29, 1.82) is 0 Å². The van der Waals surface area contributed by atoms with Gasteiger partial charge in [0.05, 0.1) is 33.1 Å². The molecule has 1 N–H and O–H groups in total. The number of hydrogen-bond donors (Lipinski definition) is 1. The molecule has 0 radical (unpaired) electrons. The highest BCUT2D eigenvalue weighted by molar-refractivity contribution is 5.41. The van der Waals surface area contributed by atoms with Crippen LogP contribution in [0.4, 0.5) is 0 Å². The second-order valence-electron chi connectivity index (χ2n) is 6.65. The number of likely N-dealkylation sites (tertiary alicyclic amines) is 1. The number of aromatic nitrogens is 2. The summed E-state index contributed by atoms with van der Waals surface area (Å²) < 4.78 is 12.7. The number of benzene rings is 1. The summed E-state index contributed by atoms with van der Waals surface area (Å²) in [6.07, 6.45) is 5.60. The Labute approximate surface area is 149 Å². The topological polar surface area (TPSA) is 59.8 Å². The van der Waals surface area contributed by atoms with Crippen LogP contribution in [0.15, 0.2) is 30.6 Å². The summed E-state index contributed by atoms with van der Waals surface area (Å²) in [5, 5.41) is 15.2. The number of β-amino-alcohol motifs (C(OH)–C–C–N with tert-alkyl or cyclic N) is 1. The van der Waals surface area contributed by atoms with Gasteiger partial charge >= 0.3 is 0 Å². The van der Waals surface area contributed by atoms with E-state index in [1.54, 1.807) is 14.2 Å². The summed E-state index contributed by atoms with van der Waals surface area (Å²) >= 11 is 0. The number of rotatable bonds is 7. The smallest absolute Gasteiger partial charge is 0.124 e. The quantitative estimate of drug-likeness (QED) is 0.835. The van der Waals surface area contributed by atoms with Gasteiger partial charge in [-0.3, -0.25) is 9.58 Å². The molecule has 6 nitrogen and oxygen atoms in total. The SMILES string of the molecule is COc1ccc(OC)c([C@H](O)CN2CCC[C@@H]2Cn2cc(C)cn2)c1. The van der Waals surface area contributed by atoms with Crippen molar-refractivity contribution in [3.8, 4) is 11.5 Å². The molecule has 1 aliphatic heterocycles. The second kappa shape index (κ2) is 7.89. The second-order valence-corrected chi connectivity index (χ2v) is 6.65. The average Bonchev–Trinajstić information content (AvgIpc) is 3.23. The van der Waals surface area contributed by atoms with Crippen LogP contribution in [-0.4, -0.2) is 53.1 Å². The zero-order valence-corrected chi connectivity index (χ0v) is 15.2. The van der Waals surface area contributed by atoms with Crippen LogP contribution in [-0.2, 0) is 6.54 Å². The van der Waals surface area contributed by atoms with Crippen molar-refractivity contribution in [2.75, 3.05) is 27.3 Å². The lowest BCUT2D eigenvalue weighted by atomic mass is 10.1. The van der Waals surface area contributed by atoms with Gasteiger partial charge < -0.3 is 14.6 Å². The van der Waals surface area contributed by atoms with Crippen molar-refractivity contribution < 1.29 is 14.6 Å². The summed E-state index contributed by atoms with van der Waals surface area (Å²) in [5.41, 5.74) is 1.94. The van der Waals surface area contributed by atoms with Crippen LogP contribution in [0, 0.1) is 6.92 Å². The standard InChI is InChI=1S/C19H27N3O3/c1-14-10-20-22(11-14)12-15-5-4-8-21(15)13-18(23)17-9-16(24-2)6-7-19(17)25-3/h6-7,9-11,15,18,23H,4-5,8,12-13H2,1-3H3/t15-,18-/m1/s1. The van der Waals surface area contributed by atoms with E-state index in [0.29, 0.717) is 18.3 Å². The Morgan fingerprint density at radius 1 is 1.32 bits per heavy atom. The Kier molecular flexibility index (Phi) is 5.60. The molecular weight excluding hydrogens is 318 g/mol. The number of methoxy groups -OCH3 is 2. The molecular formula is C19H27N3O3. The third-order valence-electron chi connectivity index (χ3n) is 4.86. The van der Waals surface area contributed by atoms with Gasteiger partial charge in [-0.2, -0.15) is 5.10 Å². The zero-order chi connectivity index (χ0) is 17.8. The van der Waals surface area contributed by atoms with E-state index in [2.05, 4.69) is 23.1 Å². The lowest BCUT2D eigenvalue weighted by Gasteiger charge is -2.27. The molecule has 0 amide bonds. The van der Waals surface area contributed by atoms with Crippen LogP contribution < -0.4 is 9.47 Å². The van der Waals surface area contributed by atoms with Crippen molar-refractivity contribution in [3.63, 3.8) is 0 Å². The summed E-state index contributed by atoms with van der Waals surface area (Å²) in [7, 11) is 3.25. The number of hydrogen-bond acceptors (Lipinski definition) is 5. The van der Waals surface area contributed by atoms with Crippen LogP contribution in [0.1, 0.15) is 30.1 Å². The van der Waals surface area contributed by atoms with Crippen LogP contribution in [0.25, 0.3) is 0 Å². The summed E-state index contributed by atoms with van der Waals surface area (Å²) in [6, 6.07) is 5.93. The monoisotopic (exact) mass is 345 g/mol. The molecule has 136 valence electrons. The van der Waals surface area contributed by atoms with E-state index in [4.69, 9.17) is 9.47 Å². The average molecular weight is 345 g/mol. The molecule has 6 heteroatoms. The molecule has 0 bridgehead atoms. The Hall–Kier alpha value is -2.05. The van der Waals surface area contributed by atoms with Crippen molar-refractivity contribution in [2.24, 2.45) is 0 Å². The summed E-state index contributed by atoms with van der Waals surface area (Å²) in [5.74, 6) is 1.41. The molecule has 1 aromatic carbocycles. The van der Waals surface area contributed by atoms with Crippen molar-refractivity contribution >= 4 is 0 Å². The number of aryl methyl sites for hydroxylation is 1. The first kappa shape index (κ1) is 17.8. The molecule has 1 aliphatic rings. The maximum Gasteiger partial charge on any atom is 0.124 e. The predicted octanol–water partition coefficient (Wildman–Crippen LogP) is 2.41. The highest BCUT2D eigenvalue weighted by Crippen LogP contribution is 2.31. The van der Waals surface area contributed by atoms with Crippen molar-refractivity contribution in [2.45, 2.75) is 38.5 Å². The molecule has 1 saturated heterocycles. The van der Waals surface area contributed by atoms with Gasteiger partial charge in [-0.25, -0.2) is 0 Å². The molecule has 1 aromatic heterocycles. The molecule has 0 unspecified atom stereocenters. The van der Waals surface area contributed by atoms with Crippen molar-refractivity contribution in [3.05, 3.63) is 41.7 Å². The maximum atomic E-state index is 10.8. The molecule has 25 heavy (non-hydrogen) atoms. The fourth-order valence-electron chi connectivity index (χ4n) is 3.55. The molecule has 1 fully saturated rings. The van der Waals surface area contributed by atoms with E-state index >= 15 is 0 Å². The minimum atomic E-state index is -0.620. The third kappa shape index (κ3) is 4.14. The maximum absolute atomic E-state index is 10.8. The molecule has 3 rings (SSSR count). The van der Waals surface area contributed by atoms with Crippen LogP contribution in [0.3, 0.4) is 0 Å². The lowest BCUT2D eigenvalue weighted by Crippen LogP contribution is -2.36. The van der Waals surface area contributed by atoms with E-state index in [1.807, 2.05) is 29.1 Å².